The Kier molecular flexibility index (Phi) is 4.55. The van der Waals surface area contributed by atoms with Gasteiger partial charge in [0.05, 0.1) is 5.56 Å². The topological polar surface area (TPSA) is 26.3 Å². The van der Waals surface area contributed by atoms with Crippen LogP contribution in [0, 0.1) is 11.7 Å². The van der Waals surface area contributed by atoms with Gasteiger partial charge in [-0.1, -0.05) is 19.9 Å². The number of alkyl halides is 3. The monoisotopic (exact) mass is 278 g/mol. The fourth-order valence-corrected chi connectivity index (χ4v) is 1.33. The first-order chi connectivity index (χ1) is 8.64. The Morgan fingerprint density at radius 1 is 1.21 bits per heavy atom. The summed E-state index contributed by atoms with van der Waals surface area (Å²) < 4.78 is 56.4. The number of benzene rings is 1. The first kappa shape index (κ1) is 15.5. The van der Waals surface area contributed by atoms with Crippen LogP contribution in [0.25, 0.3) is 0 Å². The summed E-state index contributed by atoms with van der Waals surface area (Å²) in [6.07, 6.45) is -5.41. The van der Waals surface area contributed by atoms with Crippen LogP contribution in [0.1, 0.15) is 36.7 Å². The molecule has 106 valence electrons. The molecule has 19 heavy (non-hydrogen) atoms. The lowest BCUT2D eigenvalue weighted by molar-refractivity contribution is -0.138. The second kappa shape index (κ2) is 5.59. The number of ether oxygens (including phenoxy) is 1. The van der Waals surface area contributed by atoms with Crippen molar-refractivity contribution >= 4 is 5.97 Å². The summed E-state index contributed by atoms with van der Waals surface area (Å²) in [4.78, 5) is 11.7. The van der Waals surface area contributed by atoms with Gasteiger partial charge in [0.25, 0.3) is 0 Å². The maximum atomic E-state index is 13.5. The molecule has 1 unspecified atom stereocenters. The third kappa shape index (κ3) is 3.68. The van der Waals surface area contributed by atoms with Gasteiger partial charge in [0.15, 0.2) is 0 Å². The van der Waals surface area contributed by atoms with E-state index in [0.717, 1.165) is 12.1 Å². The zero-order chi connectivity index (χ0) is 14.8. The summed E-state index contributed by atoms with van der Waals surface area (Å²) in [6.45, 7) is 5.02. The largest absolute Gasteiger partial charge is 0.459 e. The zero-order valence-corrected chi connectivity index (χ0v) is 10.7. The molecule has 1 atom stereocenters. The predicted molar refractivity (Wildman–Crippen MR) is 61.1 cm³/mol. The number of rotatable bonds is 3. The Balaban J connectivity index is 3.16. The number of hydrogen-bond acceptors (Lipinski definition) is 2. The van der Waals surface area contributed by atoms with Gasteiger partial charge in [-0.2, -0.15) is 13.2 Å². The van der Waals surface area contributed by atoms with Gasteiger partial charge < -0.3 is 4.74 Å². The van der Waals surface area contributed by atoms with Gasteiger partial charge in [0, 0.05) is 0 Å². The normalized spacial score (nSPS) is 13.5. The molecule has 0 aromatic heterocycles. The van der Waals surface area contributed by atoms with Crippen molar-refractivity contribution in [1.29, 1.82) is 0 Å². The highest BCUT2D eigenvalue weighted by Gasteiger charge is 2.37. The molecule has 0 aliphatic heterocycles. The Morgan fingerprint density at radius 2 is 1.79 bits per heavy atom. The highest BCUT2D eigenvalue weighted by Crippen LogP contribution is 2.33. The van der Waals surface area contributed by atoms with Gasteiger partial charge in [-0.15, -0.1) is 0 Å². The van der Waals surface area contributed by atoms with Crippen LogP contribution in [0.15, 0.2) is 18.2 Å². The second-order valence-corrected chi connectivity index (χ2v) is 4.51. The summed E-state index contributed by atoms with van der Waals surface area (Å²) in [5.74, 6) is -2.62. The van der Waals surface area contributed by atoms with Crippen molar-refractivity contribution in [3.63, 3.8) is 0 Å². The first-order valence-electron chi connectivity index (χ1n) is 5.71. The van der Waals surface area contributed by atoms with E-state index in [9.17, 15) is 22.4 Å². The lowest BCUT2D eigenvalue weighted by Gasteiger charge is -2.18. The van der Waals surface area contributed by atoms with Gasteiger partial charge in [-0.25, -0.2) is 9.18 Å². The minimum absolute atomic E-state index is 0.0786. The van der Waals surface area contributed by atoms with Crippen LogP contribution in [-0.4, -0.2) is 12.1 Å². The molecule has 6 heteroatoms. The van der Waals surface area contributed by atoms with E-state index < -0.39 is 35.2 Å². The predicted octanol–water partition coefficient (Wildman–Crippen LogP) is 4.05. The number of carbonyl (C=O) groups excluding carboxylic acids is 1. The molecule has 1 aromatic carbocycles. The van der Waals surface area contributed by atoms with E-state index in [-0.39, 0.29) is 5.92 Å². The van der Waals surface area contributed by atoms with Gasteiger partial charge in [-0.05, 0) is 25.0 Å². The fraction of sp³-hybridized carbons (Fsp3) is 0.462. The number of hydrogen-bond donors (Lipinski definition) is 0. The molecule has 0 heterocycles. The molecule has 0 radical (unpaired) electrons. The van der Waals surface area contributed by atoms with E-state index in [1.165, 1.54) is 6.92 Å². The Bertz CT molecular complexity index is 466. The minimum atomic E-state index is -4.81. The highest BCUT2D eigenvalue weighted by molar-refractivity contribution is 5.91. The van der Waals surface area contributed by atoms with Gasteiger partial charge in [0.1, 0.15) is 17.5 Å². The molecule has 1 rings (SSSR count). The summed E-state index contributed by atoms with van der Waals surface area (Å²) in [7, 11) is 0. The molecule has 0 amide bonds. The maximum Gasteiger partial charge on any atom is 0.417 e. The molecule has 0 aliphatic carbocycles. The van der Waals surface area contributed by atoms with Crippen molar-refractivity contribution in [3.8, 4) is 0 Å². The number of carbonyl (C=O) groups is 1. The molecule has 2 nitrogen and oxygen atoms in total. The van der Waals surface area contributed by atoms with Crippen LogP contribution >= 0.6 is 0 Å². The SMILES string of the molecule is CC(C)C(C)OC(=O)c1c(F)cccc1C(F)(F)F. The molecular formula is C13H14F4O2. The van der Waals surface area contributed by atoms with E-state index in [2.05, 4.69) is 0 Å². The number of halogens is 4. The fourth-order valence-electron chi connectivity index (χ4n) is 1.33. The molecular weight excluding hydrogens is 264 g/mol. The van der Waals surface area contributed by atoms with E-state index >= 15 is 0 Å². The molecule has 0 N–H and O–H groups in total. The summed E-state index contributed by atoms with van der Waals surface area (Å²) >= 11 is 0. The number of esters is 1. The Morgan fingerprint density at radius 3 is 2.26 bits per heavy atom. The van der Waals surface area contributed by atoms with Crippen molar-refractivity contribution in [2.75, 3.05) is 0 Å². The third-order valence-corrected chi connectivity index (χ3v) is 2.75. The molecule has 0 spiro atoms. The zero-order valence-electron chi connectivity index (χ0n) is 10.7. The second-order valence-electron chi connectivity index (χ2n) is 4.51. The standard InChI is InChI=1S/C13H14F4O2/c1-7(2)8(3)19-12(18)11-9(13(15,16)17)5-4-6-10(11)14/h4-8H,1-3H3. The lowest BCUT2D eigenvalue weighted by Crippen LogP contribution is -2.23. The van der Waals surface area contributed by atoms with Crippen LogP contribution in [0.3, 0.4) is 0 Å². The third-order valence-electron chi connectivity index (χ3n) is 2.75. The average molecular weight is 278 g/mol. The smallest absolute Gasteiger partial charge is 0.417 e. The van der Waals surface area contributed by atoms with Crippen molar-refractivity contribution in [2.45, 2.75) is 33.1 Å². The quantitative estimate of drug-likeness (QED) is 0.616. The molecule has 1 aromatic rings. The van der Waals surface area contributed by atoms with E-state index in [4.69, 9.17) is 4.74 Å². The lowest BCUT2D eigenvalue weighted by atomic mass is 10.1. The van der Waals surface area contributed by atoms with Crippen LogP contribution in [0.4, 0.5) is 17.6 Å². The Labute approximate surface area is 108 Å². The van der Waals surface area contributed by atoms with Crippen molar-refractivity contribution in [3.05, 3.63) is 35.1 Å². The first-order valence-corrected chi connectivity index (χ1v) is 5.71. The Hall–Kier alpha value is -1.59. The van der Waals surface area contributed by atoms with Crippen molar-refractivity contribution in [1.82, 2.24) is 0 Å². The van der Waals surface area contributed by atoms with Gasteiger partial charge in [0.2, 0.25) is 0 Å². The molecule has 0 fully saturated rings. The van der Waals surface area contributed by atoms with Crippen LogP contribution in [-0.2, 0) is 10.9 Å². The van der Waals surface area contributed by atoms with Crippen LogP contribution in [0.5, 0.6) is 0 Å². The molecule has 0 aliphatic rings. The summed E-state index contributed by atoms with van der Waals surface area (Å²) in [6, 6.07) is 2.35. The highest BCUT2D eigenvalue weighted by atomic mass is 19.4. The summed E-state index contributed by atoms with van der Waals surface area (Å²) in [5, 5.41) is 0. The van der Waals surface area contributed by atoms with Gasteiger partial charge >= 0.3 is 12.1 Å². The van der Waals surface area contributed by atoms with Gasteiger partial charge in [-0.3, -0.25) is 0 Å². The van der Waals surface area contributed by atoms with E-state index in [0.29, 0.717) is 6.07 Å². The van der Waals surface area contributed by atoms with E-state index in [1.807, 2.05) is 0 Å². The maximum absolute atomic E-state index is 13.5. The van der Waals surface area contributed by atoms with E-state index in [1.54, 1.807) is 13.8 Å². The molecule has 0 bridgehead atoms. The summed E-state index contributed by atoms with van der Waals surface area (Å²) in [5.41, 5.74) is -2.39. The minimum Gasteiger partial charge on any atom is -0.459 e. The van der Waals surface area contributed by atoms with Crippen LogP contribution < -0.4 is 0 Å². The molecule has 0 saturated heterocycles. The van der Waals surface area contributed by atoms with Crippen molar-refractivity contribution < 1.29 is 27.1 Å². The van der Waals surface area contributed by atoms with Crippen molar-refractivity contribution in [2.24, 2.45) is 5.92 Å². The molecule has 0 saturated carbocycles. The van der Waals surface area contributed by atoms with Crippen LogP contribution in [0.2, 0.25) is 0 Å². The average Bonchev–Trinajstić information content (AvgIpc) is 2.26.